The molecule has 0 saturated heterocycles. The predicted molar refractivity (Wildman–Crippen MR) is 64.6 cm³/mol. The van der Waals surface area contributed by atoms with Gasteiger partial charge in [0.05, 0.1) is 0 Å². The highest BCUT2D eigenvalue weighted by Gasteiger charge is 2.18. The van der Waals surface area contributed by atoms with Gasteiger partial charge in [-0.3, -0.25) is 0 Å². The molecule has 1 aromatic heterocycles. The summed E-state index contributed by atoms with van der Waals surface area (Å²) in [4.78, 5) is 3.05. The molecule has 0 atom stereocenters. The van der Waals surface area contributed by atoms with Crippen LogP contribution in [0.15, 0.2) is 4.47 Å². The average molecular weight is 278 g/mol. The van der Waals surface area contributed by atoms with E-state index in [2.05, 4.69) is 21.2 Å². The van der Waals surface area contributed by atoms with Gasteiger partial charge in [0.2, 0.25) is 0 Å². The molecule has 0 unspecified atom stereocenters. The Labute approximate surface area is 95.4 Å². The normalized spacial score (nSPS) is 15.8. The molecule has 1 aromatic rings. The summed E-state index contributed by atoms with van der Waals surface area (Å²) in [5.41, 5.74) is 1.55. The van der Waals surface area contributed by atoms with Crippen molar-refractivity contribution in [1.82, 2.24) is 5.32 Å². The minimum Gasteiger partial charge on any atom is -0.315 e. The van der Waals surface area contributed by atoms with Crippen LogP contribution in [0.2, 0.25) is 0 Å². The van der Waals surface area contributed by atoms with Crippen LogP contribution in [0.25, 0.3) is 0 Å². The summed E-state index contributed by atoms with van der Waals surface area (Å²) in [6.07, 6.45) is 1.26. The van der Waals surface area contributed by atoms with Gasteiger partial charge in [-0.1, -0.05) is 0 Å². The first-order valence-corrected chi connectivity index (χ1v) is 7.10. The highest BCUT2D eigenvalue weighted by molar-refractivity contribution is 9.10. The van der Waals surface area contributed by atoms with Crippen LogP contribution in [-0.4, -0.2) is 12.8 Å². The standard InChI is InChI=1S/C9H12BrNS2/c1-11-4-8-9(10)6-5-12-3-2-7(6)13-8/h11H,2-5H2,1H3. The number of hydrogen-bond donors (Lipinski definition) is 1. The number of hydrogen-bond acceptors (Lipinski definition) is 3. The van der Waals surface area contributed by atoms with Gasteiger partial charge in [-0.2, -0.15) is 11.8 Å². The van der Waals surface area contributed by atoms with Gasteiger partial charge in [0.1, 0.15) is 0 Å². The van der Waals surface area contributed by atoms with E-state index in [1.54, 1.807) is 10.4 Å². The second kappa shape index (κ2) is 4.34. The van der Waals surface area contributed by atoms with Crippen LogP contribution in [0.5, 0.6) is 0 Å². The first-order valence-electron chi connectivity index (χ1n) is 4.34. The van der Waals surface area contributed by atoms with Crippen molar-refractivity contribution in [3.05, 3.63) is 19.8 Å². The molecule has 0 amide bonds. The molecule has 1 aliphatic rings. The highest BCUT2D eigenvalue weighted by Crippen LogP contribution is 2.39. The lowest BCUT2D eigenvalue weighted by Gasteiger charge is -2.09. The molecule has 0 saturated carbocycles. The third-order valence-corrected chi connectivity index (χ3v) is 5.65. The Balaban J connectivity index is 2.33. The lowest BCUT2D eigenvalue weighted by Crippen LogP contribution is -2.03. The van der Waals surface area contributed by atoms with Gasteiger partial charge >= 0.3 is 0 Å². The number of nitrogens with one attached hydrogen (secondary N) is 1. The van der Waals surface area contributed by atoms with E-state index in [0.29, 0.717) is 0 Å². The van der Waals surface area contributed by atoms with Crippen molar-refractivity contribution in [3.63, 3.8) is 0 Å². The topological polar surface area (TPSA) is 12.0 Å². The van der Waals surface area contributed by atoms with Crippen molar-refractivity contribution in [2.75, 3.05) is 12.8 Å². The first-order chi connectivity index (χ1) is 6.33. The quantitative estimate of drug-likeness (QED) is 0.892. The molecule has 0 aromatic carbocycles. The summed E-state index contributed by atoms with van der Waals surface area (Å²) in [5.74, 6) is 2.48. The second-order valence-electron chi connectivity index (χ2n) is 3.07. The van der Waals surface area contributed by atoms with Gasteiger partial charge in [-0.05, 0) is 40.7 Å². The van der Waals surface area contributed by atoms with Crippen LogP contribution in [-0.2, 0) is 18.7 Å². The lowest BCUT2D eigenvalue weighted by molar-refractivity contribution is 0.828. The SMILES string of the molecule is CNCc1sc2c(c1Br)CSCC2. The molecule has 2 rings (SSSR count). The molecular formula is C9H12BrNS2. The van der Waals surface area contributed by atoms with E-state index in [0.717, 1.165) is 6.54 Å². The molecule has 0 bridgehead atoms. The zero-order chi connectivity index (χ0) is 9.26. The van der Waals surface area contributed by atoms with Gasteiger partial charge in [0, 0.05) is 26.5 Å². The molecule has 1 aliphatic heterocycles. The van der Waals surface area contributed by atoms with Crippen molar-refractivity contribution in [2.45, 2.75) is 18.7 Å². The van der Waals surface area contributed by atoms with E-state index < -0.39 is 0 Å². The molecule has 0 aliphatic carbocycles. The molecule has 13 heavy (non-hydrogen) atoms. The summed E-state index contributed by atoms with van der Waals surface area (Å²) in [6.45, 7) is 0.989. The Morgan fingerprint density at radius 2 is 2.38 bits per heavy atom. The number of thiophene rings is 1. The zero-order valence-corrected chi connectivity index (χ0v) is 10.7. The van der Waals surface area contributed by atoms with Gasteiger partial charge in [-0.25, -0.2) is 0 Å². The average Bonchev–Trinajstić information content (AvgIpc) is 2.46. The molecule has 1 N–H and O–H groups in total. The van der Waals surface area contributed by atoms with Crippen LogP contribution in [0, 0.1) is 0 Å². The van der Waals surface area contributed by atoms with E-state index >= 15 is 0 Å². The number of fused-ring (bicyclic) bond motifs is 1. The maximum atomic E-state index is 3.70. The van der Waals surface area contributed by atoms with Crippen molar-refractivity contribution in [3.8, 4) is 0 Å². The predicted octanol–water partition coefficient (Wildman–Crippen LogP) is 3.02. The van der Waals surface area contributed by atoms with E-state index in [1.165, 1.54) is 27.3 Å². The molecule has 2 heterocycles. The van der Waals surface area contributed by atoms with Crippen molar-refractivity contribution < 1.29 is 0 Å². The van der Waals surface area contributed by atoms with E-state index in [9.17, 15) is 0 Å². The minimum atomic E-state index is 0.989. The van der Waals surface area contributed by atoms with E-state index in [4.69, 9.17) is 0 Å². The van der Waals surface area contributed by atoms with Gasteiger partial charge in [0.25, 0.3) is 0 Å². The second-order valence-corrected chi connectivity index (χ2v) is 6.16. The number of aryl methyl sites for hydroxylation is 1. The van der Waals surface area contributed by atoms with Gasteiger partial charge in [0.15, 0.2) is 0 Å². The zero-order valence-electron chi connectivity index (χ0n) is 7.52. The maximum Gasteiger partial charge on any atom is 0.0370 e. The van der Waals surface area contributed by atoms with Crippen molar-refractivity contribution >= 4 is 39.0 Å². The van der Waals surface area contributed by atoms with E-state index in [-0.39, 0.29) is 0 Å². The highest BCUT2D eigenvalue weighted by atomic mass is 79.9. The molecule has 0 radical (unpaired) electrons. The maximum absolute atomic E-state index is 3.70. The smallest absolute Gasteiger partial charge is 0.0370 e. The van der Waals surface area contributed by atoms with Crippen molar-refractivity contribution in [2.24, 2.45) is 0 Å². The fraction of sp³-hybridized carbons (Fsp3) is 0.556. The first kappa shape index (κ1) is 10.0. The minimum absolute atomic E-state index is 0.989. The molecule has 1 nitrogen and oxygen atoms in total. The Bertz CT molecular complexity index is 309. The molecule has 4 heteroatoms. The third kappa shape index (κ3) is 1.96. The largest absolute Gasteiger partial charge is 0.315 e. The Morgan fingerprint density at radius 3 is 3.08 bits per heavy atom. The lowest BCUT2D eigenvalue weighted by atomic mass is 10.2. The monoisotopic (exact) mass is 277 g/mol. The van der Waals surface area contributed by atoms with Gasteiger partial charge < -0.3 is 5.32 Å². The molecule has 0 spiro atoms. The third-order valence-electron chi connectivity index (χ3n) is 2.15. The summed E-state index contributed by atoms with van der Waals surface area (Å²) in [5, 5.41) is 3.21. The fourth-order valence-corrected chi connectivity index (χ4v) is 5.05. The molecular weight excluding hydrogens is 266 g/mol. The van der Waals surface area contributed by atoms with E-state index in [1.807, 2.05) is 30.1 Å². The van der Waals surface area contributed by atoms with Crippen LogP contribution in [0.3, 0.4) is 0 Å². The van der Waals surface area contributed by atoms with Crippen LogP contribution >= 0.6 is 39.0 Å². The molecule has 72 valence electrons. The fourth-order valence-electron chi connectivity index (χ4n) is 1.50. The van der Waals surface area contributed by atoms with Crippen LogP contribution < -0.4 is 5.32 Å². The Morgan fingerprint density at radius 1 is 1.54 bits per heavy atom. The number of rotatable bonds is 2. The van der Waals surface area contributed by atoms with Crippen molar-refractivity contribution in [1.29, 1.82) is 0 Å². The summed E-state index contributed by atoms with van der Waals surface area (Å²) in [6, 6.07) is 0. The summed E-state index contributed by atoms with van der Waals surface area (Å²) < 4.78 is 1.36. The summed E-state index contributed by atoms with van der Waals surface area (Å²) >= 11 is 7.70. The number of thioether (sulfide) groups is 1. The Kier molecular flexibility index (Phi) is 3.35. The summed E-state index contributed by atoms with van der Waals surface area (Å²) in [7, 11) is 2.00. The number of halogens is 1. The van der Waals surface area contributed by atoms with Gasteiger partial charge in [-0.15, -0.1) is 11.3 Å². The van der Waals surface area contributed by atoms with Crippen LogP contribution in [0.1, 0.15) is 15.3 Å². The Hall–Kier alpha value is 0.490. The molecule has 0 fully saturated rings. The van der Waals surface area contributed by atoms with Crippen LogP contribution in [0.4, 0.5) is 0 Å².